The molecule has 70 valence electrons. The van der Waals surface area contributed by atoms with Crippen LogP contribution in [0.5, 0.6) is 0 Å². The van der Waals surface area contributed by atoms with E-state index < -0.39 is 0 Å². The van der Waals surface area contributed by atoms with Crippen molar-refractivity contribution < 1.29 is 5.11 Å². The third-order valence-electron chi connectivity index (χ3n) is 3.11. The Bertz CT molecular complexity index is 176. The van der Waals surface area contributed by atoms with Gasteiger partial charge in [0.2, 0.25) is 0 Å². The van der Waals surface area contributed by atoms with E-state index in [4.69, 9.17) is 0 Å². The lowest BCUT2D eigenvalue weighted by molar-refractivity contribution is -0.0945. The number of rotatable bonds is 2. The van der Waals surface area contributed by atoms with Crippen LogP contribution in [-0.4, -0.2) is 35.2 Å². The minimum atomic E-state index is -0.309. The highest BCUT2D eigenvalue weighted by Crippen LogP contribution is 2.36. The SMILES string of the molecule is CC1(C)CN(CC2(O)CCC2)C1. The molecule has 0 aromatic heterocycles. The maximum atomic E-state index is 9.87. The van der Waals surface area contributed by atoms with E-state index in [0.717, 1.165) is 32.5 Å². The molecular weight excluding hydrogens is 150 g/mol. The summed E-state index contributed by atoms with van der Waals surface area (Å²) < 4.78 is 0. The minimum Gasteiger partial charge on any atom is -0.389 e. The van der Waals surface area contributed by atoms with E-state index in [-0.39, 0.29) is 5.60 Å². The van der Waals surface area contributed by atoms with Gasteiger partial charge in [-0.05, 0) is 24.7 Å². The summed E-state index contributed by atoms with van der Waals surface area (Å²) >= 11 is 0. The minimum absolute atomic E-state index is 0.309. The van der Waals surface area contributed by atoms with Crippen molar-refractivity contribution in [2.24, 2.45) is 5.41 Å². The summed E-state index contributed by atoms with van der Waals surface area (Å²) in [6.45, 7) is 7.81. The zero-order valence-corrected chi connectivity index (χ0v) is 8.14. The molecular formula is C10H19NO. The smallest absolute Gasteiger partial charge is 0.0774 e. The Morgan fingerprint density at radius 2 is 1.83 bits per heavy atom. The van der Waals surface area contributed by atoms with Crippen LogP contribution in [0.25, 0.3) is 0 Å². The van der Waals surface area contributed by atoms with Crippen molar-refractivity contribution >= 4 is 0 Å². The van der Waals surface area contributed by atoms with Crippen LogP contribution in [0, 0.1) is 5.41 Å². The molecule has 0 atom stereocenters. The lowest BCUT2D eigenvalue weighted by Gasteiger charge is -2.51. The summed E-state index contributed by atoms with van der Waals surface area (Å²) in [6.07, 6.45) is 3.25. The van der Waals surface area contributed by atoms with Crippen molar-refractivity contribution in [1.29, 1.82) is 0 Å². The number of hydrogen-bond acceptors (Lipinski definition) is 2. The third kappa shape index (κ3) is 1.50. The Kier molecular flexibility index (Phi) is 1.74. The molecule has 1 saturated carbocycles. The zero-order valence-electron chi connectivity index (χ0n) is 8.14. The standard InChI is InChI=1S/C10H19NO/c1-9(2)6-11(7-9)8-10(12)4-3-5-10/h12H,3-8H2,1-2H3. The molecule has 2 nitrogen and oxygen atoms in total. The summed E-state index contributed by atoms with van der Waals surface area (Å²) in [7, 11) is 0. The molecule has 2 rings (SSSR count). The van der Waals surface area contributed by atoms with Crippen LogP contribution in [0.1, 0.15) is 33.1 Å². The van der Waals surface area contributed by atoms with Gasteiger partial charge in [0.15, 0.2) is 0 Å². The van der Waals surface area contributed by atoms with Crippen molar-refractivity contribution in [2.75, 3.05) is 19.6 Å². The number of β-amino-alcohol motifs (C(OH)–C–C–N with tert-alkyl or cyclic N) is 1. The van der Waals surface area contributed by atoms with Gasteiger partial charge in [-0.2, -0.15) is 0 Å². The van der Waals surface area contributed by atoms with Gasteiger partial charge in [-0.25, -0.2) is 0 Å². The second-order valence-corrected chi connectivity index (χ2v) is 5.39. The van der Waals surface area contributed by atoms with Gasteiger partial charge in [0.1, 0.15) is 0 Å². The summed E-state index contributed by atoms with van der Waals surface area (Å²) in [5.41, 5.74) is 0.191. The van der Waals surface area contributed by atoms with Crippen molar-refractivity contribution in [3.8, 4) is 0 Å². The van der Waals surface area contributed by atoms with Crippen molar-refractivity contribution in [1.82, 2.24) is 4.90 Å². The lowest BCUT2D eigenvalue weighted by atomic mass is 9.77. The van der Waals surface area contributed by atoms with Crippen LogP contribution in [0.4, 0.5) is 0 Å². The second kappa shape index (κ2) is 2.46. The lowest BCUT2D eigenvalue weighted by Crippen LogP contribution is -2.59. The molecule has 0 spiro atoms. The number of likely N-dealkylation sites (tertiary alicyclic amines) is 1. The molecule has 12 heavy (non-hydrogen) atoms. The molecule has 1 saturated heterocycles. The molecule has 0 bridgehead atoms. The fraction of sp³-hybridized carbons (Fsp3) is 1.00. The normalized spacial score (nSPS) is 32.2. The van der Waals surface area contributed by atoms with Crippen molar-refractivity contribution in [3.63, 3.8) is 0 Å². The predicted octanol–water partition coefficient (Wildman–Crippen LogP) is 1.24. The number of nitrogens with zero attached hydrogens (tertiary/aromatic N) is 1. The van der Waals surface area contributed by atoms with Gasteiger partial charge in [0, 0.05) is 19.6 Å². The maximum Gasteiger partial charge on any atom is 0.0774 e. The Balaban J connectivity index is 1.76. The van der Waals surface area contributed by atoms with E-state index in [1.165, 1.54) is 6.42 Å². The highest BCUT2D eigenvalue weighted by molar-refractivity contribution is 4.96. The summed E-state index contributed by atoms with van der Waals surface area (Å²) in [4.78, 5) is 2.37. The molecule has 1 heterocycles. The molecule has 2 fully saturated rings. The average Bonchev–Trinajstić information content (AvgIpc) is 1.80. The molecule has 2 heteroatoms. The number of hydrogen-bond donors (Lipinski definition) is 1. The van der Waals surface area contributed by atoms with Crippen molar-refractivity contribution in [2.45, 2.75) is 38.7 Å². The van der Waals surface area contributed by atoms with E-state index in [0.29, 0.717) is 5.41 Å². The Labute approximate surface area is 74.6 Å². The van der Waals surface area contributed by atoms with Crippen LogP contribution in [0.2, 0.25) is 0 Å². The second-order valence-electron chi connectivity index (χ2n) is 5.39. The fourth-order valence-electron chi connectivity index (χ4n) is 2.44. The van der Waals surface area contributed by atoms with Gasteiger partial charge in [0.25, 0.3) is 0 Å². The first kappa shape index (κ1) is 8.52. The van der Waals surface area contributed by atoms with Crippen LogP contribution < -0.4 is 0 Å². The molecule has 1 N–H and O–H groups in total. The van der Waals surface area contributed by atoms with Crippen LogP contribution in [-0.2, 0) is 0 Å². The van der Waals surface area contributed by atoms with E-state index >= 15 is 0 Å². The highest BCUT2D eigenvalue weighted by atomic mass is 16.3. The van der Waals surface area contributed by atoms with Crippen LogP contribution in [0.15, 0.2) is 0 Å². The van der Waals surface area contributed by atoms with Gasteiger partial charge >= 0.3 is 0 Å². The quantitative estimate of drug-likeness (QED) is 0.672. The Morgan fingerprint density at radius 3 is 2.17 bits per heavy atom. The number of aliphatic hydroxyl groups is 1. The zero-order chi connectivity index (χ0) is 8.82. The first-order valence-electron chi connectivity index (χ1n) is 4.94. The van der Waals surface area contributed by atoms with E-state index in [1.54, 1.807) is 0 Å². The molecule has 1 aliphatic heterocycles. The first-order chi connectivity index (χ1) is 5.49. The van der Waals surface area contributed by atoms with Crippen molar-refractivity contribution in [3.05, 3.63) is 0 Å². The highest BCUT2D eigenvalue weighted by Gasteiger charge is 2.42. The van der Waals surface area contributed by atoms with Gasteiger partial charge in [-0.1, -0.05) is 13.8 Å². The summed E-state index contributed by atoms with van der Waals surface area (Å²) in [6, 6.07) is 0. The first-order valence-corrected chi connectivity index (χ1v) is 4.94. The Hall–Kier alpha value is -0.0800. The maximum absolute atomic E-state index is 9.87. The van der Waals surface area contributed by atoms with Gasteiger partial charge in [0.05, 0.1) is 5.60 Å². The molecule has 2 aliphatic rings. The van der Waals surface area contributed by atoms with E-state index in [1.807, 2.05) is 0 Å². The van der Waals surface area contributed by atoms with Gasteiger partial charge in [-0.3, -0.25) is 4.90 Å². The van der Waals surface area contributed by atoms with Crippen LogP contribution >= 0.6 is 0 Å². The van der Waals surface area contributed by atoms with Gasteiger partial charge < -0.3 is 5.11 Å². The Morgan fingerprint density at radius 1 is 1.25 bits per heavy atom. The average molecular weight is 169 g/mol. The molecule has 1 aliphatic carbocycles. The van der Waals surface area contributed by atoms with Crippen LogP contribution in [0.3, 0.4) is 0 Å². The van der Waals surface area contributed by atoms with E-state index in [9.17, 15) is 5.11 Å². The topological polar surface area (TPSA) is 23.5 Å². The predicted molar refractivity (Wildman–Crippen MR) is 49.0 cm³/mol. The summed E-state index contributed by atoms with van der Waals surface area (Å²) in [5, 5.41) is 9.87. The van der Waals surface area contributed by atoms with Gasteiger partial charge in [-0.15, -0.1) is 0 Å². The summed E-state index contributed by atoms with van der Waals surface area (Å²) in [5.74, 6) is 0. The molecule has 0 unspecified atom stereocenters. The molecule has 0 amide bonds. The largest absolute Gasteiger partial charge is 0.389 e. The molecule has 0 aromatic rings. The monoisotopic (exact) mass is 169 g/mol. The third-order valence-corrected chi connectivity index (χ3v) is 3.11. The fourth-order valence-corrected chi connectivity index (χ4v) is 2.44. The molecule has 0 aromatic carbocycles. The molecule has 0 radical (unpaired) electrons. The van der Waals surface area contributed by atoms with E-state index in [2.05, 4.69) is 18.7 Å².